The fourth-order valence-electron chi connectivity index (χ4n) is 1.69. The zero-order valence-corrected chi connectivity index (χ0v) is 11.1. The molecule has 94 valence electrons. The maximum absolute atomic E-state index is 5.40. The van der Waals surface area contributed by atoms with Crippen molar-refractivity contribution in [2.45, 2.75) is 13.8 Å². The fraction of sp³-hybridized carbons (Fsp3) is 0.909. The SMILES string of the molecule is CCOCCN1CCN(CCOCC)C1=S. The molecular weight excluding hydrogens is 224 g/mol. The standard InChI is InChI=1S/C11H22N2O2S/c1-3-14-9-7-12-5-6-13(11(12)16)8-10-15-4-2/h3-10H2,1-2H3. The van der Waals surface area contributed by atoms with Gasteiger partial charge in [0.2, 0.25) is 0 Å². The molecular formula is C11H22N2O2S. The molecule has 0 amide bonds. The van der Waals surface area contributed by atoms with E-state index in [1.807, 2.05) is 13.8 Å². The first-order valence-electron chi connectivity index (χ1n) is 5.99. The molecule has 0 aromatic carbocycles. The Balaban J connectivity index is 2.19. The summed E-state index contributed by atoms with van der Waals surface area (Å²) >= 11 is 5.40. The lowest BCUT2D eigenvalue weighted by atomic mass is 10.5. The first kappa shape index (κ1) is 13.7. The summed E-state index contributed by atoms with van der Waals surface area (Å²) in [4.78, 5) is 4.41. The van der Waals surface area contributed by atoms with Gasteiger partial charge >= 0.3 is 0 Å². The van der Waals surface area contributed by atoms with Gasteiger partial charge in [0.25, 0.3) is 0 Å². The Kier molecular flexibility index (Phi) is 6.68. The number of hydrogen-bond acceptors (Lipinski definition) is 3. The molecule has 1 fully saturated rings. The normalized spacial score (nSPS) is 16.2. The molecule has 1 saturated heterocycles. The zero-order chi connectivity index (χ0) is 11.8. The second-order valence-electron chi connectivity index (χ2n) is 3.65. The minimum absolute atomic E-state index is 0.760. The minimum atomic E-state index is 0.760. The summed E-state index contributed by atoms with van der Waals surface area (Å²) in [6, 6.07) is 0. The average molecular weight is 246 g/mol. The summed E-state index contributed by atoms with van der Waals surface area (Å²) in [7, 11) is 0. The Morgan fingerprint density at radius 3 is 1.81 bits per heavy atom. The highest BCUT2D eigenvalue weighted by molar-refractivity contribution is 7.80. The Bertz CT molecular complexity index is 194. The van der Waals surface area contributed by atoms with E-state index in [4.69, 9.17) is 21.7 Å². The van der Waals surface area contributed by atoms with Crippen molar-refractivity contribution in [1.29, 1.82) is 0 Å². The van der Waals surface area contributed by atoms with Gasteiger partial charge in [0.15, 0.2) is 5.11 Å². The van der Waals surface area contributed by atoms with Gasteiger partial charge in [0.1, 0.15) is 0 Å². The molecule has 0 aromatic heterocycles. The lowest BCUT2D eigenvalue weighted by Gasteiger charge is -2.21. The van der Waals surface area contributed by atoms with Crippen LogP contribution in [0.4, 0.5) is 0 Å². The Labute approximate surface area is 103 Å². The van der Waals surface area contributed by atoms with Crippen molar-refractivity contribution < 1.29 is 9.47 Å². The molecule has 0 aromatic rings. The predicted octanol–water partition coefficient (Wildman–Crippen LogP) is 0.962. The predicted molar refractivity (Wildman–Crippen MR) is 68.7 cm³/mol. The van der Waals surface area contributed by atoms with Crippen LogP contribution in [0.15, 0.2) is 0 Å². The van der Waals surface area contributed by atoms with Crippen LogP contribution < -0.4 is 0 Å². The third-order valence-electron chi connectivity index (χ3n) is 2.60. The van der Waals surface area contributed by atoms with E-state index in [1.54, 1.807) is 0 Å². The maximum atomic E-state index is 5.40. The van der Waals surface area contributed by atoms with Crippen LogP contribution >= 0.6 is 12.2 Å². The highest BCUT2D eigenvalue weighted by atomic mass is 32.1. The van der Waals surface area contributed by atoms with Crippen LogP contribution in [0.1, 0.15) is 13.8 Å². The van der Waals surface area contributed by atoms with Crippen molar-refractivity contribution in [3.63, 3.8) is 0 Å². The summed E-state index contributed by atoms with van der Waals surface area (Å²) in [6.45, 7) is 10.9. The minimum Gasteiger partial charge on any atom is -0.380 e. The molecule has 16 heavy (non-hydrogen) atoms. The molecule has 0 unspecified atom stereocenters. The lowest BCUT2D eigenvalue weighted by Crippen LogP contribution is -2.35. The summed E-state index contributed by atoms with van der Waals surface area (Å²) in [5, 5.41) is 0.944. The molecule has 1 rings (SSSR count). The van der Waals surface area contributed by atoms with Crippen molar-refractivity contribution >= 4 is 17.3 Å². The van der Waals surface area contributed by atoms with Crippen LogP contribution in [0.3, 0.4) is 0 Å². The van der Waals surface area contributed by atoms with E-state index >= 15 is 0 Å². The molecule has 0 saturated carbocycles. The van der Waals surface area contributed by atoms with E-state index in [2.05, 4.69) is 9.80 Å². The molecule has 0 radical (unpaired) electrons. The van der Waals surface area contributed by atoms with Crippen molar-refractivity contribution in [3.8, 4) is 0 Å². The highest BCUT2D eigenvalue weighted by Gasteiger charge is 2.23. The first-order valence-corrected chi connectivity index (χ1v) is 6.39. The molecule has 0 aliphatic carbocycles. The highest BCUT2D eigenvalue weighted by Crippen LogP contribution is 2.08. The van der Waals surface area contributed by atoms with Crippen LogP contribution in [-0.2, 0) is 9.47 Å². The number of rotatable bonds is 8. The molecule has 0 N–H and O–H groups in total. The van der Waals surface area contributed by atoms with Crippen LogP contribution in [-0.4, -0.2) is 67.5 Å². The lowest BCUT2D eigenvalue weighted by molar-refractivity contribution is 0.133. The van der Waals surface area contributed by atoms with E-state index in [1.165, 1.54) is 0 Å². The molecule has 4 nitrogen and oxygen atoms in total. The second-order valence-corrected chi connectivity index (χ2v) is 4.02. The summed E-state index contributed by atoms with van der Waals surface area (Å²) in [6.07, 6.45) is 0. The number of ether oxygens (including phenoxy) is 2. The van der Waals surface area contributed by atoms with Crippen LogP contribution in [0.5, 0.6) is 0 Å². The van der Waals surface area contributed by atoms with Crippen molar-refractivity contribution in [1.82, 2.24) is 9.80 Å². The third-order valence-corrected chi connectivity index (χ3v) is 3.12. The van der Waals surface area contributed by atoms with E-state index in [9.17, 15) is 0 Å². The van der Waals surface area contributed by atoms with Gasteiger partial charge in [-0.3, -0.25) is 0 Å². The quantitative estimate of drug-likeness (QED) is 0.469. The van der Waals surface area contributed by atoms with E-state index < -0.39 is 0 Å². The molecule has 1 heterocycles. The molecule has 5 heteroatoms. The van der Waals surface area contributed by atoms with Gasteiger partial charge < -0.3 is 19.3 Å². The summed E-state index contributed by atoms with van der Waals surface area (Å²) in [5.74, 6) is 0. The van der Waals surface area contributed by atoms with Gasteiger partial charge in [0, 0.05) is 39.4 Å². The zero-order valence-electron chi connectivity index (χ0n) is 10.3. The first-order chi connectivity index (χ1) is 7.79. The fourth-order valence-corrected chi connectivity index (χ4v) is 2.05. The van der Waals surface area contributed by atoms with Gasteiger partial charge in [-0.25, -0.2) is 0 Å². The van der Waals surface area contributed by atoms with Crippen LogP contribution in [0.2, 0.25) is 0 Å². The van der Waals surface area contributed by atoms with Crippen LogP contribution in [0, 0.1) is 0 Å². The number of thiocarbonyl (C=S) groups is 1. The topological polar surface area (TPSA) is 24.9 Å². The summed E-state index contributed by atoms with van der Waals surface area (Å²) < 4.78 is 10.7. The van der Waals surface area contributed by atoms with E-state index in [0.717, 1.165) is 57.7 Å². The monoisotopic (exact) mass is 246 g/mol. The van der Waals surface area contributed by atoms with Gasteiger partial charge in [0.05, 0.1) is 13.2 Å². The van der Waals surface area contributed by atoms with Crippen molar-refractivity contribution in [2.75, 3.05) is 52.6 Å². The molecule has 0 atom stereocenters. The smallest absolute Gasteiger partial charge is 0.171 e. The van der Waals surface area contributed by atoms with Gasteiger partial charge in [-0.15, -0.1) is 0 Å². The number of hydrogen-bond donors (Lipinski definition) is 0. The van der Waals surface area contributed by atoms with Gasteiger partial charge in [-0.05, 0) is 26.1 Å². The Hall–Kier alpha value is -0.390. The van der Waals surface area contributed by atoms with Crippen LogP contribution in [0.25, 0.3) is 0 Å². The van der Waals surface area contributed by atoms with Gasteiger partial charge in [-0.2, -0.15) is 0 Å². The third kappa shape index (κ3) is 4.23. The molecule has 0 bridgehead atoms. The van der Waals surface area contributed by atoms with E-state index in [0.29, 0.717) is 0 Å². The average Bonchev–Trinajstić information content (AvgIpc) is 2.62. The molecule has 1 aliphatic heterocycles. The molecule has 1 aliphatic rings. The second kappa shape index (κ2) is 7.81. The molecule has 0 spiro atoms. The maximum Gasteiger partial charge on any atom is 0.171 e. The summed E-state index contributed by atoms with van der Waals surface area (Å²) in [5.41, 5.74) is 0. The van der Waals surface area contributed by atoms with E-state index in [-0.39, 0.29) is 0 Å². The largest absolute Gasteiger partial charge is 0.380 e. The number of nitrogens with zero attached hydrogens (tertiary/aromatic N) is 2. The van der Waals surface area contributed by atoms with Crippen molar-refractivity contribution in [3.05, 3.63) is 0 Å². The Morgan fingerprint density at radius 1 is 1.00 bits per heavy atom. The Morgan fingerprint density at radius 2 is 1.44 bits per heavy atom. The van der Waals surface area contributed by atoms with Gasteiger partial charge in [-0.1, -0.05) is 0 Å². The van der Waals surface area contributed by atoms with Crippen molar-refractivity contribution in [2.24, 2.45) is 0 Å².